The van der Waals surface area contributed by atoms with E-state index < -0.39 is 0 Å². The molecule has 0 unspecified atom stereocenters. The lowest BCUT2D eigenvalue weighted by atomic mass is 10.2. The summed E-state index contributed by atoms with van der Waals surface area (Å²) in [7, 11) is 0. The third-order valence-electron chi connectivity index (χ3n) is 3.73. The molecule has 106 valence electrons. The van der Waals surface area contributed by atoms with Gasteiger partial charge in [0.15, 0.2) is 0 Å². The average molecular weight is 281 g/mol. The molecule has 0 saturated heterocycles. The Morgan fingerprint density at radius 3 is 3.19 bits per heavy atom. The van der Waals surface area contributed by atoms with Gasteiger partial charge in [-0.3, -0.25) is 10.1 Å². The quantitative estimate of drug-likeness (QED) is 0.744. The number of hydrogen-bond donors (Lipinski definition) is 3. The molecule has 3 heterocycles. The lowest BCUT2D eigenvalue weighted by molar-refractivity contribution is -0.115. The first-order chi connectivity index (χ1) is 10.3. The molecule has 0 spiro atoms. The molecule has 2 aliphatic rings. The maximum Gasteiger partial charge on any atom is 0.276 e. The van der Waals surface area contributed by atoms with E-state index in [0.29, 0.717) is 11.7 Å². The Bertz CT molecular complexity index is 769. The van der Waals surface area contributed by atoms with Crippen LogP contribution in [0.4, 0.5) is 0 Å². The largest absolute Gasteiger partial charge is 0.355 e. The maximum atomic E-state index is 11.9. The van der Waals surface area contributed by atoms with E-state index in [1.807, 2.05) is 18.3 Å². The van der Waals surface area contributed by atoms with E-state index in [1.165, 1.54) is 12.8 Å². The molecule has 21 heavy (non-hydrogen) atoms. The van der Waals surface area contributed by atoms with E-state index >= 15 is 0 Å². The van der Waals surface area contributed by atoms with Crippen LogP contribution in [0.25, 0.3) is 17.1 Å². The predicted octanol–water partition coefficient (Wildman–Crippen LogP) is 1.39. The molecule has 1 fully saturated rings. The van der Waals surface area contributed by atoms with Gasteiger partial charge in [0.25, 0.3) is 5.91 Å². The van der Waals surface area contributed by atoms with E-state index in [4.69, 9.17) is 0 Å². The number of fused-ring (bicyclic) bond motifs is 1. The van der Waals surface area contributed by atoms with Crippen molar-refractivity contribution in [2.45, 2.75) is 12.8 Å². The normalized spacial score (nSPS) is 19.9. The van der Waals surface area contributed by atoms with Gasteiger partial charge < -0.3 is 10.3 Å². The summed E-state index contributed by atoms with van der Waals surface area (Å²) in [4.78, 5) is 23.6. The smallest absolute Gasteiger partial charge is 0.276 e. The van der Waals surface area contributed by atoms with Gasteiger partial charge in [0.2, 0.25) is 5.96 Å². The van der Waals surface area contributed by atoms with Crippen molar-refractivity contribution in [3.63, 3.8) is 0 Å². The van der Waals surface area contributed by atoms with Crippen LogP contribution in [0.15, 0.2) is 35.2 Å². The van der Waals surface area contributed by atoms with Crippen LogP contribution in [0, 0.1) is 5.92 Å². The van der Waals surface area contributed by atoms with E-state index in [0.717, 1.165) is 29.1 Å². The van der Waals surface area contributed by atoms with Crippen molar-refractivity contribution in [3.05, 3.63) is 35.8 Å². The minimum atomic E-state index is -0.175. The van der Waals surface area contributed by atoms with Crippen molar-refractivity contribution in [1.29, 1.82) is 0 Å². The Labute approximate surface area is 121 Å². The SMILES string of the molecule is O=C1NC(NCC2CC2)=NC1=Cc1c[nH]c2ncccc12. The number of guanidine groups is 1. The standard InChI is InChI=1S/C15H15N5O/c21-14-12(19-15(20-14)18-7-9-3-4-9)6-10-8-17-13-11(10)2-1-5-16-13/h1-2,5-6,8-9H,3-4,7H2,(H,16,17)(H2,18,19,20,21). The van der Waals surface area contributed by atoms with Gasteiger partial charge in [0.05, 0.1) is 0 Å². The number of nitrogens with one attached hydrogen (secondary N) is 3. The number of aromatic amines is 1. The fourth-order valence-electron chi connectivity index (χ4n) is 2.36. The van der Waals surface area contributed by atoms with E-state index in [1.54, 1.807) is 12.3 Å². The van der Waals surface area contributed by atoms with Gasteiger partial charge in [0.1, 0.15) is 11.3 Å². The van der Waals surface area contributed by atoms with Crippen LogP contribution in [0.1, 0.15) is 18.4 Å². The molecule has 1 amide bonds. The molecule has 2 aromatic heterocycles. The van der Waals surface area contributed by atoms with Gasteiger partial charge in [0, 0.05) is 29.9 Å². The molecule has 0 radical (unpaired) electrons. The predicted molar refractivity (Wildman–Crippen MR) is 80.4 cm³/mol. The summed E-state index contributed by atoms with van der Waals surface area (Å²) in [5, 5.41) is 6.91. The number of amides is 1. The summed E-state index contributed by atoms with van der Waals surface area (Å²) >= 11 is 0. The van der Waals surface area contributed by atoms with Crippen LogP contribution in [-0.4, -0.2) is 28.4 Å². The third-order valence-corrected chi connectivity index (χ3v) is 3.73. The van der Waals surface area contributed by atoms with Crippen LogP contribution in [-0.2, 0) is 4.79 Å². The van der Waals surface area contributed by atoms with Crippen LogP contribution in [0.5, 0.6) is 0 Å². The van der Waals surface area contributed by atoms with Gasteiger partial charge in [-0.25, -0.2) is 9.98 Å². The Morgan fingerprint density at radius 1 is 1.43 bits per heavy atom. The van der Waals surface area contributed by atoms with Crippen molar-refractivity contribution in [1.82, 2.24) is 20.6 Å². The minimum Gasteiger partial charge on any atom is -0.355 e. The number of nitrogens with zero attached hydrogens (tertiary/aromatic N) is 2. The van der Waals surface area contributed by atoms with Crippen molar-refractivity contribution in [2.75, 3.05) is 6.54 Å². The minimum absolute atomic E-state index is 0.175. The number of carbonyl (C=O) groups is 1. The summed E-state index contributed by atoms with van der Waals surface area (Å²) in [5.41, 5.74) is 2.13. The van der Waals surface area contributed by atoms with Crippen molar-refractivity contribution < 1.29 is 4.79 Å². The van der Waals surface area contributed by atoms with Crippen molar-refractivity contribution in [2.24, 2.45) is 10.9 Å². The number of aromatic nitrogens is 2. The number of aliphatic imine (C=N–C) groups is 1. The Kier molecular flexibility index (Phi) is 2.73. The van der Waals surface area contributed by atoms with Crippen molar-refractivity contribution >= 4 is 29.0 Å². The molecular formula is C15H15N5O. The van der Waals surface area contributed by atoms with Crippen LogP contribution in [0.3, 0.4) is 0 Å². The van der Waals surface area contributed by atoms with Crippen LogP contribution < -0.4 is 10.6 Å². The number of rotatable bonds is 3. The van der Waals surface area contributed by atoms with Crippen LogP contribution >= 0.6 is 0 Å². The monoisotopic (exact) mass is 281 g/mol. The Balaban J connectivity index is 1.60. The summed E-state index contributed by atoms with van der Waals surface area (Å²) < 4.78 is 0. The van der Waals surface area contributed by atoms with Gasteiger partial charge in [-0.1, -0.05) is 0 Å². The first-order valence-electron chi connectivity index (χ1n) is 7.07. The lowest BCUT2D eigenvalue weighted by Crippen LogP contribution is -2.37. The molecule has 2 aromatic rings. The first kappa shape index (κ1) is 12.1. The van der Waals surface area contributed by atoms with Gasteiger partial charge in [-0.05, 0) is 37.0 Å². The number of carbonyl (C=O) groups excluding carboxylic acids is 1. The highest BCUT2D eigenvalue weighted by Gasteiger charge is 2.24. The van der Waals surface area contributed by atoms with E-state index in [-0.39, 0.29) is 5.91 Å². The number of H-pyrrole nitrogens is 1. The number of pyridine rings is 1. The lowest BCUT2D eigenvalue weighted by Gasteiger charge is -2.02. The number of hydrogen-bond acceptors (Lipinski definition) is 4. The fraction of sp³-hybridized carbons (Fsp3) is 0.267. The molecule has 3 N–H and O–H groups in total. The molecule has 0 bridgehead atoms. The first-order valence-corrected chi connectivity index (χ1v) is 7.07. The Morgan fingerprint density at radius 2 is 2.33 bits per heavy atom. The second kappa shape index (κ2) is 4.73. The van der Waals surface area contributed by atoms with Crippen LogP contribution in [0.2, 0.25) is 0 Å². The highest BCUT2D eigenvalue weighted by molar-refractivity contribution is 6.14. The molecule has 4 rings (SSSR count). The molecule has 1 aliphatic heterocycles. The maximum absolute atomic E-state index is 11.9. The summed E-state index contributed by atoms with van der Waals surface area (Å²) in [5.74, 6) is 1.11. The van der Waals surface area contributed by atoms with Gasteiger partial charge in [-0.15, -0.1) is 0 Å². The molecule has 1 saturated carbocycles. The topological polar surface area (TPSA) is 82.2 Å². The summed E-state index contributed by atoms with van der Waals surface area (Å²) in [6, 6.07) is 3.84. The van der Waals surface area contributed by atoms with E-state index in [2.05, 4.69) is 25.6 Å². The summed E-state index contributed by atoms with van der Waals surface area (Å²) in [6.45, 7) is 0.878. The fourth-order valence-corrected chi connectivity index (χ4v) is 2.36. The highest BCUT2D eigenvalue weighted by Crippen LogP contribution is 2.27. The van der Waals surface area contributed by atoms with Gasteiger partial charge in [-0.2, -0.15) is 0 Å². The average Bonchev–Trinajstić information content (AvgIpc) is 3.15. The van der Waals surface area contributed by atoms with E-state index in [9.17, 15) is 4.79 Å². The zero-order valence-electron chi connectivity index (χ0n) is 11.4. The summed E-state index contributed by atoms with van der Waals surface area (Å²) in [6.07, 6.45) is 7.87. The second-order valence-electron chi connectivity index (χ2n) is 5.41. The zero-order chi connectivity index (χ0) is 14.2. The zero-order valence-corrected chi connectivity index (χ0v) is 11.4. The molecule has 6 nitrogen and oxygen atoms in total. The molecular weight excluding hydrogens is 266 g/mol. The van der Waals surface area contributed by atoms with Crippen molar-refractivity contribution in [3.8, 4) is 0 Å². The highest BCUT2D eigenvalue weighted by atomic mass is 16.2. The second-order valence-corrected chi connectivity index (χ2v) is 5.41. The molecule has 6 heteroatoms. The molecule has 1 aliphatic carbocycles. The molecule has 0 aromatic carbocycles. The third kappa shape index (κ3) is 2.40. The van der Waals surface area contributed by atoms with Gasteiger partial charge >= 0.3 is 0 Å². The Hall–Kier alpha value is -2.63. The molecule has 0 atom stereocenters.